The average Bonchev–Trinajstić information content (AvgIpc) is 3.09. The van der Waals surface area contributed by atoms with E-state index in [0.29, 0.717) is 25.3 Å². The summed E-state index contributed by atoms with van der Waals surface area (Å²) in [6, 6.07) is 8.32. The first-order chi connectivity index (χ1) is 12.0. The number of carbonyl (C=O) groups excluding carboxylic acids is 3. The van der Waals surface area contributed by atoms with Gasteiger partial charge in [-0.1, -0.05) is 44.2 Å². The van der Waals surface area contributed by atoms with Crippen LogP contribution < -0.4 is 5.32 Å². The summed E-state index contributed by atoms with van der Waals surface area (Å²) in [5.74, 6) is 0.0120. The van der Waals surface area contributed by atoms with Gasteiger partial charge in [-0.2, -0.15) is 0 Å². The number of aldehydes is 1. The van der Waals surface area contributed by atoms with Crippen molar-refractivity contribution in [2.45, 2.75) is 51.8 Å². The van der Waals surface area contributed by atoms with E-state index in [1.54, 1.807) is 0 Å². The van der Waals surface area contributed by atoms with Crippen molar-refractivity contribution >= 4 is 18.3 Å². The van der Waals surface area contributed by atoms with Crippen LogP contribution >= 0.6 is 0 Å². The number of likely N-dealkylation sites (tertiary alicyclic amines) is 1. The van der Waals surface area contributed by atoms with Crippen LogP contribution in [0.5, 0.6) is 0 Å². The molecule has 0 aromatic heterocycles. The van der Waals surface area contributed by atoms with Gasteiger partial charge in [-0.05, 0) is 30.7 Å². The summed E-state index contributed by atoms with van der Waals surface area (Å²) in [7, 11) is 0. The molecule has 0 radical (unpaired) electrons. The van der Waals surface area contributed by atoms with Crippen molar-refractivity contribution in [2.75, 3.05) is 6.54 Å². The maximum absolute atomic E-state index is 12.5. The van der Waals surface area contributed by atoms with Gasteiger partial charge in [-0.15, -0.1) is 0 Å². The maximum atomic E-state index is 12.5. The van der Waals surface area contributed by atoms with E-state index in [2.05, 4.69) is 5.32 Å². The molecule has 25 heavy (non-hydrogen) atoms. The SMILES string of the molecule is CC(C)C[C@H](C=O)NC(=O)[C@@H]1CCCN1C(=O)OCc1ccccc1. The van der Waals surface area contributed by atoms with Crippen LogP contribution in [0.2, 0.25) is 0 Å². The highest BCUT2D eigenvalue weighted by atomic mass is 16.6. The van der Waals surface area contributed by atoms with Crippen molar-refractivity contribution in [1.82, 2.24) is 10.2 Å². The van der Waals surface area contributed by atoms with Crippen molar-refractivity contribution in [3.63, 3.8) is 0 Å². The summed E-state index contributed by atoms with van der Waals surface area (Å²) >= 11 is 0. The molecule has 1 saturated heterocycles. The van der Waals surface area contributed by atoms with Crippen molar-refractivity contribution in [2.24, 2.45) is 5.92 Å². The Morgan fingerprint density at radius 3 is 2.68 bits per heavy atom. The van der Waals surface area contributed by atoms with Gasteiger partial charge in [-0.25, -0.2) is 4.79 Å². The molecular weight excluding hydrogens is 320 g/mol. The Kier molecular flexibility index (Phi) is 6.98. The van der Waals surface area contributed by atoms with Crippen molar-refractivity contribution in [3.8, 4) is 0 Å². The fourth-order valence-corrected chi connectivity index (χ4v) is 3.00. The van der Waals surface area contributed by atoms with E-state index in [1.165, 1.54) is 4.90 Å². The van der Waals surface area contributed by atoms with E-state index in [1.807, 2.05) is 44.2 Å². The summed E-state index contributed by atoms with van der Waals surface area (Å²) in [4.78, 5) is 37.4. The monoisotopic (exact) mass is 346 g/mol. The largest absolute Gasteiger partial charge is 0.445 e. The van der Waals surface area contributed by atoms with Gasteiger partial charge >= 0.3 is 6.09 Å². The predicted molar refractivity (Wildman–Crippen MR) is 93.8 cm³/mol. The molecule has 2 atom stereocenters. The molecule has 1 aromatic rings. The third-order valence-corrected chi connectivity index (χ3v) is 4.21. The van der Waals surface area contributed by atoms with Crippen molar-refractivity contribution in [3.05, 3.63) is 35.9 Å². The predicted octanol–water partition coefficient (Wildman–Crippen LogP) is 2.52. The van der Waals surface area contributed by atoms with E-state index in [9.17, 15) is 14.4 Å². The number of nitrogens with zero attached hydrogens (tertiary/aromatic N) is 1. The Hall–Kier alpha value is -2.37. The van der Waals surface area contributed by atoms with Crippen LogP contribution in [0, 0.1) is 5.92 Å². The lowest BCUT2D eigenvalue weighted by Gasteiger charge is -2.25. The Balaban J connectivity index is 1.90. The lowest BCUT2D eigenvalue weighted by atomic mass is 10.0. The number of benzene rings is 1. The van der Waals surface area contributed by atoms with Crippen LogP contribution in [0.25, 0.3) is 0 Å². The number of hydrogen-bond acceptors (Lipinski definition) is 4. The fourth-order valence-electron chi connectivity index (χ4n) is 3.00. The quantitative estimate of drug-likeness (QED) is 0.770. The number of nitrogens with one attached hydrogen (secondary N) is 1. The highest BCUT2D eigenvalue weighted by Gasteiger charge is 2.35. The molecule has 6 nitrogen and oxygen atoms in total. The molecule has 2 amide bonds. The molecule has 0 unspecified atom stereocenters. The minimum Gasteiger partial charge on any atom is -0.445 e. The summed E-state index contributed by atoms with van der Waals surface area (Å²) in [5.41, 5.74) is 0.897. The van der Waals surface area contributed by atoms with Gasteiger partial charge in [0.1, 0.15) is 18.9 Å². The number of rotatable bonds is 7. The molecule has 1 aliphatic heterocycles. The zero-order valence-electron chi connectivity index (χ0n) is 14.8. The highest BCUT2D eigenvalue weighted by Crippen LogP contribution is 2.19. The normalized spacial score (nSPS) is 18.0. The van der Waals surface area contributed by atoms with Gasteiger partial charge < -0.3 is 14.8 Å². The molecule has 0 aliphatic carbocycles. The molecule has 1 heterocycles. The van der Waals surface area contributed by atoms with Gasteiger partial charge in [0, 0.05) is 6.54 Å². The van der Waals surface area contributed by atoms with E-state index in [-0.39, 0.29) is 12.5 Å². The first-order valence-corrected chi connectivity index (χ1v) is 8.74. The van der Waals surface area contributed by atoms with Crippen molar-refractivity contribution < 1.29 is 19.1 Å². The lowest BCUT2D eigenvalue weighted by Crippen LogP contribution is -2.49. The number of carbonyl (C=O) groups is 3. The van der Waals surface area contributed by atoms with Crippen LogP contribution in [0.15, 0.2) is 30.3 Å². The van der Waals surface area contributed by atoms with Gasteiger partial charge in [0.05, 0.1) is 6.04 Å². The second-order valence-electron chi connectivity index (χ2n) is 6.77. The fraction of sp³-hybridized carbons (Fsp3) is 0.526. The standard InChI is InChI=1S/C19H26N2O4/c1-14(2)11-16(12-22)20-18(23)17-9-6-10-21(17)19(24)25-13-15-7-4-3-5-8-15/h3-5,7-8,12,14,16-17H,6,9-11,13H2,1-2H3,(H,20,23)/t16-,17+/m1/s1. The van der Waals surface area contributed by atoms with Crippen LogP contribution in [0.3, 0.4) is 0 Å². The molecule has 2 rings (SSSR count). The van der Waals surface area contributed by atoms with Gasteiger partial charge in [-0.3, -0.25) is 9.69 Å². The van der Waals surface area contributed by atoms with E-state index in [4.69, 9.17) is 4.74 Å². The van der Waals surface area contributed by atoms with Crippen LogP contribution in [-0.4, -0.2) is 41.8 Å². The molecule has 1 fully saturated rings. The molecule has 1 aromatic carbocycles. The summed E-state index contributed by atoms with van der Waals surface area (Å²) in [6.07, 6.45) is 2.17. The molecule has 1 aliphatic rings. The minimum absolute atomic E-state index is 0.175. The van der Waals surface area contributed by atoms with E-state index in [0.717, 1.165) is 18.3 Å². The first kappa shape index (κ1) is 19.0. The topological polar surface area (TPSA) is 75.7 Å². The zero-order valence-corrected chi connectivity index (χ0v) is 14.8. The van der Waals surface area contributed by atoms with E-state index < -0.39 is 18.2 Å². The molecule has 0 bridgehead atoms. The maximum Gasteiger partial charge on any atom is 0.410 e. The smallest absolute Gasteiger partial charge is 0.410 e. The second-order valence-corrected chi connectivity index (χ2v) is 6.77. The van der Waals surface area contributed by atoms with E-state index >= 15 is 0 Å². The Labute approximate surface area is 148 Å². The third-order valence-electron chi connectivity index (χ3n) is 4.21. The molecule has 0 saturated carbocycles. The van der Waals surface area contributed by atoms with Crippen LogP contribution in [0.1, 0.15) is 38.7 Å². The zero-order chi connectivity index (χ0) is 18.2. The molecule has 0 spiro atoms. The molecule has 136 valence electrons. The van der Waals surface area contributed by atoms with Gasteiger partial charge in [0.2, 0.25) is 5.91 Å². The highest BCUT2D eigenvalue weighted by molar-refractivity contribution is 5.88. The summed E-state index contributed by atoms with van der Waals surface area (Å²) in [6.45, 7) is 4.65. The Morgan fingerprint density at radius 2 is 2.04 bits per heavy atom. The minimum atomic E-state index is -0.571. The Bertz CT molecular complexity index is 588. The number of ether oxygens (including phenoxy) is 1. The van der Waals surface area contributed by atoms with Crippen LogP contribution in [-0.2, 0) is 20.9 Å². The van der Waals surface area contributed by atoms with Crippen LogP contribution in [0.4, 0.5) is 4.79 Å². The first-order valence-electron chi connectivity index (χ1n) is 8.74. The number of amides is 2. The average molecular weight is 346 g/mol. The molecule has 6 heteroatoms. The number of hydrogen-bond donors (Lipinski definition) is 1. The molecular formula is C19H26N2O4. The Morgan fingerprint density at radius 1 is 1.32 bits per heavy atom. The third kappa shape index (κ3) is 5.59. The lowest BCUT2D eigenvalue weighted by molar-refractivity contribution is -0.127. The van der Waals surface area contributed by atoms with Crippen molar-refractivity contribution in [1.29, 1.82) is 0 Å². The molecule has 1 N–H and O–H groups in total. The van der Waals surface area contributed by atoms with Gasteiger partial charge in [0.25, 0.3) is 0 Å². The summed E-state index contributed by atoms with van der Waals surface area (Å²) < 4.78 is 5.33. The second kappa shape index (κ2) is 9.20. The summed E-state index contributed by atoms with van der Waals surface area (Å²) in [5, 5.41) is 2.74. The van der Waals surface area contributed by atoms with Gasteiger partial charge in [0.15, 0.2) is 0 Å².